The van der Waals surface area contributed by atoms with Crippen LogP contribution in [0.5, 0.6) is 0 Å². The Kier molecular flexibility index (Phi) is 9.87. The second-order valence-electron chi connectivity index (χ2n) is 4.43. The molecule has 0 bridgehead atoms. The van der Waals surface area contributed by atoms with Crippen LogP contribution < -0.4 is 12.4 Å². The maximum atomic E-state index is 5.77. The van der Waals surface area contributed by atoms with Crippen LogP contribution >= 0.6 is 0 Å². The molecule has 0 rings (SSSR count). The first-order chi connectivity index (χ1) is 6.89. The summed E-state index contributed by atoms with van der Waals surface area (Å²) in [7, 11) is 3.91. The van der Waals surface area contributed by atoms with Crippen LogP contribution in [0.15, 0.2) is 0 Å². The zero-order chi connectivity index (χ0) is 11.9. The lowest BCUT2D eigenvalue weighted by Crippen LogP contribution is -3.00. The van der Waals surface area contributed by atoms with E-state index in [9.17, 15) is 0 Å². The Morgan fingerprint density at radius 1 is 0.812 bits per heavy atom. The Bertz CT molecular complexity index is 159. The summed E-state index contributed by atoms with van der Waals surface area (Å²) < 4.78 is 18.1. The molecule has 0 unspecified atom stereocenters. The van der Waals surface area contributed by atoms with Gasteiger partial charge in [-0.2, -0.15) is 0 Å². The summed E-state index contributed by atoms with van der Waals surface area (Å²) in [6.45, 7) is 7.88. The molecule has 100 valence electrons. The number of hydrogen-bond donors (Lipinski definition) is 0. The van der Waals surface area contributed by atoms with E-state index in [1.807, 2.05) is 20.8 Å². The lowest BCUT2D eigenvalue weighted by molar-refractivity contribution is -0.862. The summed E-state index contributed by atoms with van der Waals surface area (Å²) >= 11 is 0. The summed E-state index contributed by atoms with van der Waals surface area (Å²) in [4.78, 5) is 0. The molecule has 0 radical (unpaired) electrons. The van der Waals surface area contributed by atoms with Crippen molar-refractivity contribution in [3.8, 4) is 0 Å². The van der Waals surface area contributed by atoms with E-state index in [1.54, 1.807) is 0 Å². The van der Waals surface area contributed by atoms with Crippen molar-refractivity contribution in [3.63, 3.8) is 0 Å². The Balaban J connectivity index is 0. The van der Waals surface area contributed by atoms with E-state index in [0.717, 1.165) is 10.7 Å². The monoisotopic (exact) mass is 271 g/mol. The molecule has 0 amide bonds. The SMILES string of the molecule is CCO[Si](C[N+](C)(C)C)(OCC)OCC.[Cl-]. The normalized spacial score (nSPS) is 12.4. The second kappa shape index (κ2) is 8.44. The second-order valence-corrected chi connectivity index (χ2v) is 6.98. The minimum atomic E-state index is -2.46. The van der Waals surface area contributed by atoms with E-state index < -0.39 is 8.80 Å². The van der Waals surface area contributed by atoms with Gasteiger partial charge in [0, 0.05) is 19.8 Å². The van der Waals surface area contributed by atoms with Gasteiger partial charge in [-0.05, 0) is 20.8 Å². The Morgan fingerprint density at radius 2 is 1.12 bits per heavy atom. The maximum Gasteiger partial charge on any atom is 0.559 e. The van der Waals surface area contributed by atoms with Crippen molar-refractivity contribution in [3.05, 3.63) is 0 Å². The van der Waals surface area contributed by atoms with Gasteiger partial charge in [-0.1, -0.05) is 0 Å². The van der Waals surface area contributed by atoms with Gasteiger partial charge in [0.2, 0.25) is 0 Å². The van der Waals surface area contributed by atoms with Gasteiger partial charge in [0.15, 0.2) is 0 Å². The van der Waals surface area contributed by atoms with Gasteiger partial charge in [-0.3, -0.25) is 0 Å². The lowest BCUT2D eigenvalue weighted by Gasteiger charge is -2.34. The molecule has 0 aromatic rings. The molecular weight excluding hydrogens is 246 g/mol. The first-order valence-corrected chi connectivity index (χ1v) is 7.54. The molecular formula is C10H26ClNO3Si. The fourth-order valence-corrected chi connectivity index (χ4v) is 4.51. The van der Waals surface area contributed by atoms with Gasteiger partial charge in [-0.25, -0.2) is 0 Å². The van der Waals surface area contributed by atoms with Crippen LogP contribution in [-0.2, 0) is 13.3 Å². The molecule has 0 aliphatic heterocycles. The van der Waals surface area contributed by atoms with E-state index >= 15 is 0 Å². The Hall–Kier alpha value is 0.347. The average Bonchev–Trinajstić information content (AvgIpc) is 2.01. The molecule has 0 fully saturated rings. The molecule has 0 saturated heterocycles. The fraction of sp³-hybridized carbons (Fsp3) is 1.00. The van der Waals surface area contributed by atoms with Gasteiger partial charge in [0.05, 0.1) is 21.1 Å². The molecule has 0 aromatic heterocycles. The number of halogens is 1. The van der Waals surface area contributed by atoms with Crippen molar-refractivity contribution in [2.45, 2.75) is 20.8 Å². The lowest BCUT2D eigenvalue weighted by atomic mass is 10.8. The standard InChI is InChI=1S/C10H26NO3Si.ClH/c1-7-12-15(13-8-2,14-9-3)10-11(4,5)6;/h7-10H2,1-6H3;1H/q+1;/p-1. The molecule has 0 saturated carbocycles. The number of hydrogen-bond acceptors (Lipinski definition) is 3. The minimum Gasteiger partial charge on any atom is -1.00 e. The van der Waals surface area contributed by atoms with Gasteiger partial charge < -0.3 is 30.2 Å². The summed E-state index contributed by atoms with van der Waals surface area (Å²) in [5.74, 6) is 0. The zero-order valence-corrected chi connectivity index (χ0v) is 13.1. The van der Waals surface area contributed by atoms with Crippen molar-refractivity contribution >= 4 is 8.80 Å². The summed E-state index contributed by atoms with van der Waals surface area (Å²) in [5.41, 5.74) is 0. The molecule has 0 atom stereocenters. The van der Waals surface area contributed by atoms with Gasteiger partial charge >= 0.3 is 8.80 Å². The quantitative estimate of drug-likeness (QED) is 0.389. The number of quaternary nitrogens is 1. The van der Waals surface area contributed by atoms with Crippen molar-refractivity contribution < 1.29 is 30.2 Å². The van der Waals surface area contributed by atoms with Crippen LogP contribution in [0.25, 0.3) is 0 Å². The number of nitrogens with zero attached hydrogens (tertiary/aromatic N) is 1. The minimum absolute atomic E-state index is 0. The predicted molar refractivity (Wildman–Crippen MR) is 63.5 cm³/mol. The summed E-state index contributed by atoms with van der Waals surface area (Å²) in [6, 6.07) is 0. The van der Waals surface area contributed by atoms with Crippen LogP contribution in [0.2, 0.25) is 0 Å². The van der Waals surface area contributed by atoms with E-state index in [2.05, 4.69) is 21.1 Å². The van der Waals surface area contributed by atoms with Crippen LogP contribution in [0.1, 0.15) is 20.8 Å². The highest BCUT2D eigenvalue weighted by Gasteiger charge is 2.46. The Morgan fingerprint density at radius 3 is 1.31 bits per heavy atom. The molecule has 0 aliphatic rings. The van der Waals surface area contributed by atoms with Crippen molar-refractivity contribution in [2.75, 3.05) is 47.1 Å². The summed E-state index contributed by atoms with van der Waals surface area (Å²) in [5, 5.41) is 0. The highest BCUT2D eigenvalue weighted by molar-refractivity contribution is 6.60. The van der Waals surface area contributed by atoms with Crippen LogP contribution in [0.4, 0.5) is 0 Å². The van der Waals surface area contributed by atoms with Crippen molar-refractivity contribution in [2.24, 2.45) is 0 Å². The first kappa shape index (κ1) is 18.7. The average molecular weight is 272 g/mol. The first-order valence-electron chi connectivity index (χ1n) is 5.61. The third-order valence-corrected chi connectivity index (χ3v) is 5.28. The molecule has 0 aliphatic carbocycles. The predicted octanol–water partition coefficient (Wildman–Crippen LogP) is -1.72. The Labute approximate surface area is 107 Å². The van der Waals surface area contributed by atoms with E-state index in [0.29, 0.717) is 19.8 Å². The molecule has 16 heavy (non-hydrogen) atoms. The maximum absolute atomic E-state index is 5.77. The third kappa shape index (κ3) is 7.59. The van der Waals surface area contributed by atoms with Crippen molar-refractivity contribution in [1.82, 2.24) is 0 Å². The smallest absolute Gasteiger partial charge is 0.559 e. The topological polar surface area (TPSA) is 27.7 Å². The molecule has 4 nitrogen and oxygen atoms in total. The molecule has 0 N–H and O–H groups in total. The van der Waals surface area contributed by atoms with Gasteiger partial charge in [0.1, 0.15) is 6.17 Å². The zero-order valence-electron chi connectivity index (χ0n) is 11.4. The molecule has 0 spiro atoms. The highest BCUT2D eigenvalue weighted by Crippen LogP contribution is 2.13. The third-order valence-electron chi connectivity index (χ3n) is 1.76. The molecule has 6 heteroatoms. The van der Waals surface area contributed by atoms with E-state index in [1.165, 1.54) is 0 Å². The largest absolute Gasteiger partial charge is 1.00 e. The summed E-state index contributed by atoms with van der Waals surface area (Å²) in [6.07, 6.45) is 0.808. The van der Waals surface area contributed by atoms with Crippen molar-refractivity contribution in [1.29, 1.82) is 0 Å². The van der Waals surface area contributed by atoms with Gasteiger partial charge in [0.25, 0.3) is 0 Å². The highest BCUT2D eigenvalue weighted by atomic mass is 35.5. The van der Waals surface area contributed by atoms with E-state index in [4.69, 9.17) is 13.3 Å². The number of rotatable bonds is 8. The van der Waals surface area contributed by atoms with E-state index in [-0.39, 0.29) is 12.4 Å². The van der Waals surface area contributed by atoms with Crippen LogP contribution in [-0.4, -0.2) is 60.4 Å². The molecule has 0 aromatic carbocycles. The van der Waals surface area contributed by atoms with Gasteiger partial charge in [-0.15, -0.1) is 0 Å². The molecule has 0 heterocycles. The van der Waals surface area contributed by atoms with Crippen LogP contribution in [0, 0.1) is 0 Å². The van der Waals surface area contributed by atoms with Crippen LogP contribution in [0.3, 0.4) is 0 Å². The fourth-order valence-electron chi connectivity index (χ4n) is 1.50.